The van der Waals surface area contributed by atoms with E-state index in [1.807, 2.05) is 12.1 Å². The van der Waals surface area contributed by atoms with Crippen LogP contribution in [0.15, 0.2) is 65.8 Å². The number of hydrogen-bond acceptors (Lipinski definition) is 4. The Morgan fingerprint density at radius 2 is 1.32 bits per heavy atom. The van der Waals surface area contributed by atoms with Gasteiger partial charge in [0.2, 0.25) is 0 Å². The molecule has 3 saturated carbocycles. The molecule has 3 aliphatic carbocycles. The standard InChI is InChI=1S/C24H28N2O2/c27-22-21-19(17-9-3-1-4-10-17)15-24(23(22)25-28,26-13-7-8-14-26)16-20(21)18-11-5-2-6-12-18/h1-6,9-12,19-22,27-28H,7-8,13-16H2/b25-23+/t19-,20-,21?,22+,24?/m0/s1. The predicted molar refractivity (Wildman–Crippen MR) is 110 cm³/mol. The first-order valence-corrected chi connectivity index (χ1v) is 10.5. The number of aliphatic hydroxyl groups is 1. The fraction of sp³-hybridized carbons (Fsp3) is 0.458. The Bertz CT molecular complexity index is 796. The van der Waals surface area contributed by atoms with Gasteiger partial charge < -0.3 is 10.3 Å². The van der Waals surface area contributed by atoms with Gasteiger partial charge in [-0.2, -0.15) is 0 Å². The quantitative estimate of drug-likeness (QED) is 0.629. The lowest BCUT2D eigenvalue weighted by Crippen LogP contribution is -2.68. The highest BCUT2D eigenvalue weighted by atomic mass is 16.4. The molecule has 2 N–H and O–H groups in total. The molecule has 1 heterocycles. The van der Waals surface area contributed by atoms with E-state index in [-0.39, 0.29) is 23.3 Å². The zero-order chi connectivity index (χ0) is 19.1. The molecule has 0 radical (unpaired) electrons. The van der Waals surface area contributed by atoms with Crippen LogP contribution in [0.5, 0.6) is 0 Å². The van der Waals surface area contributed by atoms with Gasteiger partial charge in [0.05, 0.1) is 5.54 Å². The molecule has 4 heteroatoms. The molecule has 28 heavy (non-hydrogen) atoms. The number of benzene rings is 2. The first-order chi connectivity index (χ1) is 13.7. The van der Waals surface area contributed by atoms with Crippen molar-refractivity contribution in [3.8, 4) is 0 Å². The van der Waals surface area contributed by atoms with E-state index in [0.29, 0.717) is 5.71 Å². The maximum atomic E-state index is 11.4. The monoisotopic (exact) mass is 376 g/mol. The van der Waals surface area contributed by atoms with Crippen molar-refractivity contribution in [3.63, 3.8) is 0 Å². The van der Waals surface area contributed by atoms with Crippen molar-refractivity contribution in [2.75, 3.05) is 13.1 Å². The summed E-state index contributed by atoms with van der Waals surface area (Å²) in [5, 5.41) is 25.1. The third-order valence-electron chi connectivity index (χ3n) is 7.44. The van der Waals surface area contributed by atoms with E-state index in [2.05, 4.69) is 58.6 Å². The molecule has 4 nitrogen and oxygen atoms in total. The van der Waals surface area contributed by atoms with Gasteiger partial charge in [0, 0.05) is 5.92 Å². The van der Waals surface area contributed by atoms with Gasteiger partial charge in [-0.1, -0.05) is 65.8 Å². The third kappa shape index (κ3) is 2.62. The van der Waals surface area contributed by atoms with Crippen molar-refractivity contribution in [2.45, 2.75) is 49.2 Å². The van der Waals surface area contributed by atoms with Crippen LogP contribution in [-0.2, 0) is 0 Å². The Morgan fingerprint density at radius 1 is 0.821 bits per heavy atom. The van der Waals surface area contributed by atoms with Crippen LogP contribution in [0.4, 0.5) is 0 Å². The van der Waals surface area contributed by atoms with Crippen LogP contribution in [0, 0.1) is 5.92 Å². The highest BCUT2D eigenvalue weighted by Crippen LogP contribution is 2.59. The molecule has 4 fully saturated rings. The maximum Gasteiger partial charge on any atom is 0.106 e. The minimum atomic E-state index is -0.719. The fourth-order valence-electron chi connectivity index (χ4n) is 6.27. The topological polar surface area (TPSA) is 56.1 Å². The van der Waals surface area contributed by atoms with Crippen LogP contribution in [0.1, 0.15) is 48.6 Å². The maximum absolute atomic E-state index is 11.4. The molecule has 1 saturated heterocycles. The van der Waals surface area contributed by atoms with Gasteiger partial charge in [0.25, 0.3) is 0 Å². The normalized spacial score (nSPS) is 36.8. The molecule has 2 aromatic rings. The first-order valence-electron chi connectivity index (χ1n) is 10.5. The number of rotatable bonds is 3. The molecule has 3 atom stereocenters. The van der Waals surface area contributed by atoms with Gasteiger partial charge in [-0.15, -0.1) is 0 Å². The molecule has 0 amide bonds. The van der Waals surface area contributed by atoms with E-state index in [1.54, 1.807) is 0 Å². The lowest BCUT2D eigenvalue weighted by molar-refractivity contribution is -0.00801. The predicted octanol–water partition coefficient (Wildman–Crippen LogP) is 4.00. The van der Waals surface area contributed by atoms with Crippen molar-refractivity contribution in [3.05, 3.63) is 71.8 Å². The number of aliphatic hydroxyl groups excluding tert-OH is 1. The van der Waals surface area contributed by atoms with Crippen LogP contribution in [0.25, 0.3) is 0 Å². The summed E-state index contributed by atoms with van der Waals surface area (Å²) in [6.07, 6.45) is 3.46. The second-order valence-corrected chi connectivity index (χ2v) is 8.68. The van der Waals surface area contributed by atoms with Crippen LogP contribution in [0.2, 0.25) is 0 Å². The summed E-state index contributed by atoms with van der Waals surface area (Å²) in [5.74, 6) is 0.530. The summed E-state index contributed by atoms with van der Waals surface area (Å²) < 4.78 is 0. The number of likely N-dealkylation sites (tertiary alicyclic amines) is 1. The molecule has 0 unspecified atom stereocenters. The van der Waals surface area contributed by atoms with Crippen LogP contribution in [-0.4, -0.2) is 45.7 Å². The largest absolute Gasteiger partial charge is 0.411 e. The van der Waals surface area contributed by atoms with Gasteiger partial charge in [-0.3, -0.25) is 4.90 Å². The SMILES string of the molecule is O/N=C1\[C@H](O)C2[C@H](c3ccccc3)CC1(N1CCCC1)C[C@H]2c1ccccc1. The zero-order valence-corrected chi connectivity index (χ0v) is 16.1. The van der Waals surface area contributed by atoms with Crippen LogP contribution < -0.4 is 0 Å². The minimum absolute atomic E-state index is 0.0279. The van der Waals surface area contributed by atoms with E-state index in [0.717, 1.165) is 25.9 Å². The second-order valence-electron chi connectivity index (χ2n) is 8.68. The highest BCUT2D eigenvalue weighted by molar-refractivity contribution is 5.99. The zero-order valence-electron chi connectivity index (χ0n) is 16.1. The summed E-state index contributed by atoms with van der Waals surface area (Å²) in [6, 6.07) is 21.2. The molecule has 2 bridgehead atoms. The van der Waals surface area contributed by atoms with Gasteiger partial charge in [0.1, 0.15) is 11.8 Å². The average molecular weight is 377 g/mol. The van der Waals surface area contributed by atoms with Crippen molar-refractivity contribution in [1.29, 1.82) is 0 Å². The van der Waals surface area contributed by atoms with Crippen LogP contribution in [0.3, 0.4) is 0 Å². The Balaban J connectivity index is 1.66. The van der Waals surface area contributed by atoms with E-state index in [4.69, 9.17) is 0 Å². The lowest BCUT2D eigenvalue weighted by atomic mass is 9.51. The van der Waals surface area contributed by atoms with Crippen LogP contribution >= 0.6 is 0 Å². The fourth-order valence-corrected chi connectivity index (χ4v) is 6.27. The third-order valence-corrected chi connectivity index (χ3v) is 7.44. The Kier molecular flexibility index (Phi) is 4.48. The van der Waals surface area contributed by atoms with E-state index in [9.17, 15) is 10.3 Å². The number of hydrogen-bond donors (Lipinski definition) is 2. The highest BCUT2D eigenvalue weighted by Gasteiger charge is 2.62. The molecular formula is C24H28N2O2. The number of oxime groups is 1. The molecule has 4 aliphatic rings. The van der Waals surface area contributed by atoms with E-state index < -0.39 is 6.10 Å². The Hall–Kier alpha value is -2.17. The summed E-state index contributed by atoms with van der Waals surface area (Å²) in [4.78, 5) is 2.49. The Labute approximate surface area is 166 Å². The molecule has 0 aromatic heterocycles. The summed E-state index contributed by atoms with van der Waals surface area (Å²) in [6.45, 7) is 2.03. The van der Waals surface area contributed by atoms with Crippen molar-refractivity contribution in [1.82, 2.24) is 4.90 Å². The molecule has 1 aliphatic heterocycles. The van der Waals surface area contributed by atoms with Crippen molar-refractivity contribution >= 4 is 5.71 Å². The molecular weight excluding hydrogens is 348 g/mol. The van der Waals surface area contributed by atoms with Gasteiger partial charge >= 0.3 is 0 Å². The smallest absolute Gasteiger partial charge is 0.106 e. The average Bonchev–Trinajstić information content (AvgIpc) is 3.30. The van der Waals surface area contributed by atoms with E-state index >= 15 is 0 Å². The lowest BCUT2D eigenvalue weighted by Gasteiger charge is -2.60. The summed E-state index contributed by atoms with van der Waals surface area (Å²) in [7, 11) is 0. The summed E-state index contributed by atoms with van der Waals surface area (Å²) in [5.41, 5.74) is 2.81. The Morgan fingerprint density at radius 3 is 1.79 bits per heavy atom. The van der Waals surface area contributed by atoms with Gasteiger partial charge in [-0.25, -0.2) is 0 Å². The minimum Gasteiger partial charge on any atom is -0.411 e. The molecule has 2 aromatic carbocycles. The first kappa shape index (κ1) is 17.9. The molecule has 146 valence electrons. The van der Waals surface area contributed by atoms with E-state index in [1.165, 1.54) is 24.0 Å². The number of nitrogens with zero attached hydrogens (tertiary/aromatic N) is 2. The van der Waals surface area contributed by atoms with Gasteiger partial charge in [-0.05, 0) is 61.7 Å². The second kappa shape index (κ2) is 7.02. The molecule has 6 rings (SSSR count). The van der Waals surface area contributed by atoms with Crippen molar-refractivity contribution in [2.24, 2.45) is 11.1 Å². The number of fused-ring (bicyclic) bond motifs is 3. The van der Waals surface area contributed by atoms with Crippen molar-refractivity contribution < 1.29 is 10.3 Å². The summed E-state index contributed by atoms with van der Waals surface area (Å²) >= 11 is 0. The molecule has 0 spiro atoms. The van der Waals surface area contributed by atoms with Gasteiger partial charge in [0.15, 0.2) is 0 Å².